The van der Waals surface area contributed by atoms with Crippen LogP contribution in [0.4, 0.5) is 0 Å². The van der Waals surface area contributed by atoms with Crippen LogP contribution in [0.15, 0.2) is 18.3 Å². The maximum absolute atomic E-state index is 9.17. The first-order chi connectivity index (χ1) is 11.2. The summed E-state index contributed by atoms with van der Waals surface area (Å²) in [7, 11) is 0. The maximum Gasteiger partial charge on any atom is 0.159 e. The number of aliphatic hydroxyl groups is 1. The van der Waals surface area contributed by atoms with E-state index in [1.165, 1.54) is 25.9 Å². The molecule has 3 heterocycles. The van der Waals surface area contributed by atoms with Gasteiger partial charge in [0.2, 0.25) is 0 Å². The number of aromatic nitrogens is 3. The lowest BCUT2D eigenvalue weighted by molar-refractivity contribution is 0.148. The summed E-state index contributed by atoms with van der Waals surface area (Å²) in [5, 5.41) is 9.17. The van der Waals surface area contributed by atoms with E-state index in [0.29, 0.717) is 12.0 Å². The number of imidazole rings is 1. The molecule has 23 heavy (non-hydrogen) atoms. The van der Waals surface area contributed by atoms with Crippen molar-refractivity contribution in [2.24, 2.45) is 5.92 Å². The molecule has 1 aliphatic heterocycles. The zero-order valence-electron chi connectivity index (χ0n) is 14.3. The number of hydrogen-bond acceptors (Lipinski definition) is 4. The molecule has 1 saturated heterocycles. The number of aliphatic hydroxyl groups excluding tert-OH is 1. The minimum Gasteiger partial charge on any atom is -0.396 e. The highest BCUT2D eigenvalue weighted by molar-refractivity contribution is 5.71. The molecule has 0 spiro atoms. The van der Waals surface area contributed by atoms with E-state index >= 15 is 0 Å². The van der Waals surface area contributed by atoms with Crippen LogP contribution in [0.25, 0.3) is 11.2 Å². The second-order valence-corrected chi connectivity index (χ2v) is 6.88. The van der Waals surface area contributed by atoms with Crippen molar-refractivity contribution in [3.63, 3.8) is 0 Å². The average Bonchev–Trinajstić information content (AvgIpc) is 2.90. The fraction of sp³-hybridized carbons (Fsp3) is 0.667. The Balaban J connectivity index is 1.74. The lowest BCUT2D eigenvalue weighted by Crippen LogP contribution is -2.39. The summed E-state index contributed by atoms with van der Waals surface area (Å²) in [6.45, 7) is 7.94. The van der Waals surface area contributed by atoms with Crippen molar-refractivity contribution in [2.75, 3.05) is 19.7 Å². The van der Waals surface area contributed by atoms with E-state index in [2.05, 4.69) is 28.3 Å². The summed E-state index contributed by atoms with van der Waals surface area (Å²) in [5.74, 6) is 1.84. The van der Waals surface area contributed by atoms with Crippen LogP contribution in [0.5, 0.6) is 0 Å². The van der Waals surface area contributed by atoms with Crippen molar-refractivity contribution < 1.29 is 5.11 Å². The molecule has 0 bridgehead atoms. The smallest absolute Gasteiger partial charge is 0.159 e. The summed E-state index contributed by atoms with van der Waals surface area (Å²) < 4.78 is 2.21. The summed E-state index contributed by atoms with van der Waals surface area (Å²) in [5.41, 5.74) is 1.93. The molecule has 2 aromatic rings. The second kappa shape index (κ2) is 7.41. The van der Waals surface area contributed by atoms with Gasteiger partial charge in [-0.2, -0.15) is 0 Å². The van der Waals surface area contributed by atoms with Crippen LogP contribution < -0.4 is 0 Å². The van der Waals surface area contributed by atoms with E-state index in [4.69, 9.17) is 4.98 Å². The number of piperidine rings is 1. The predicted octanol–water partition coefficient (Wildman–Crippen LogP) is 2.48. The Morgan fingerprint density at radius 3 is 2.78 bits per heavy atom. The molecule has 0 unspecified atom stereocenters. The Bertz CT molecular complexity index is 629. The Morgan fingerprint density at radius 1 is 1.30 bits per heavy atom. The third kappa shape index (κ3) is 3.72. The molecule has 1 N–H and O–H groups in total. The fourth-order valence-electron chi connectivity index (χ4n) is 3.56. The standard InChI is InChI=1S/C18H28N4O/c1-14(2)21-10-6-15(7-11-21)13-17-20-16-5-3-8-19-18(16)22(17)9-4-12-23/h3,5,8,14-15,23H,4,6-7,9-13H2,1-2H3. The number of nitrogens with zero attached hydrogens (tertiary/aromatic N) is 4. The van der Waals surface area contributed by atoms with Crippen molar-refractivity contribution in [1.29, 1.82) is 0 Å². The highest BCUT2D eigenvalue weighted by atomic mass is 16.3. The average molecular weight is 316 g/mol. The van der Waals surface area contributed by atoms with Crippen LogP contribution in [0, 0.1) is 5.92 Å². The highest BCUT2D eigenvalue weighted by Gasteiger charge is 2.23. The first kappa shape index (κ1) is 16.4. The summed E-state index contributed by atoms with van der Waals surface area (Å²) in [6, 6.07) is 4.62. The monoisotopic (exact) mass is 316 g/mol. The summed E-state index contributed by atoms with van der Waals surface area (Å²) >= 11 is 0. The molecule has 1 fully saturated rings. The summed E-state index contributed by atoms with van der Waals surface area (Å²) in [4.78, 5) is 11.9. The zero-order chi connectivity index (χ0) is 16.2. The van der Waals surface area contributed by atoms with Gasteiger partial charge in [0.15, 0.2) is 5.65 Å². The number of rotatable bonds is 6. The fourth-order valence-corrected chi connectivity index (χ4v) is 3.56. The molecule has 0 atom stereocenters. The number of pyridine rings is 1. The van der Waals surface area contributed by atoms with Gasteiger partial charge in [0.05, 0.1) is 0 Å². The SMILES string of the molecule is CC(C)N1CCC(Cc2nc3cccnc3n2CCCO)CC1. The van der Waals surface area contributed by atoms with Crippen LogP contribution >= 0.6 is 0 Å². The molecule has 0 aromatic carbocycles. The Labute approximate surface area is 138 Å². The van der Waals surface area contributed by atoms with Crippen LogP contribution in [0.2, 0.25) is 0 Å². The van der Waals surface area contributed by atoms with E-state index in [-0.39, 0.29) is 6.61 Å². The van der Waals surface area contributed by atoms with E-state index in [1.54, 1.807) is 0 Å². The third-order valence-electron chi connectivity index (χ3n) is 4.97. The molecule has 126 valence electrons. The lowest BCUT2D eigenvalue weighted by atomic mass is 9.92. The van der Waals surface area contributed by atoms with Crippen LogP contribution in [0.1, 0.15) is 38.9 Å². The topological polar surface area (TPSA) is 54.2 Å². The van der Waals surface area contributed by atoms with Gasteiger partial charge >= 0.3 is 0 Å². The second-order valence-electron chi connectivity index (χ2n) is 6.88. The molecular weight excluding hydrogens is 288 g/mol. The molecule has 2 aromatic heterocycles. The van der Waals surface area contributed by atoms with Crippen molar-refractivity contribution in [3.8, 4) is 0 Å². The van der Waals surface area contributed by atoms with E-state index in [1.807, 2.05) is 18.3 Å². The number of aryl methyl sites for hydroxylation is 1. The predicted molar refractivity (Wildman–Crippen MR) is 92.4 cm³/mol. The van der Waals surface area contributed by atoms with Crippen molar-refractivity contribution >= 4 is 11.2 Å². The molecule has 5 nitrogen and oxygen atoms in total. The van der Waals surface area contributed by atoms with Gasteiger partial charge in [-0.25, -0.2) is 9.97 Å². The van der Waals surface area contributed by atoms with E-state index in [9.17, 15) is 5.11 Å². The van der Waals surface area contributed by atoms with Crippen molar-refractivity contribution in [1.82, 2.24) is 19.4 Å². The highest BCUT2D eigenvalue weighted by Crippen LogP contribution is 2.24. The Hall–Kier alpha value is -1.46. The molecule has 0 aliphatic carbocycles. The Kier molecular flexibility index (Phi) is 5.28. The first-order valence-electron chi connectivity index (χ1n) is 8.84. The van der Waals surface area contributed by atoms with Gasteiger partial charge in [-0.3, -0.25) is 0 Å². The van der Waals surface area contributed by atoms with Crippen molar-refractivity contribution in [2.45, 2.75) is 52.1 Å². The third-order valence-corrected chi connectivity index (χ3v) is 4.97. The first-order valence-corrected chi connectivity index (χ1v) is 8.84. The van der Waals surface area contributed by atoms with Crippen LogP contribution in [-0.4, -0.2) is 50.3 Å². The zero-order valence-corrected chi connectivity index (χ0v) is 14.3. The van der Waals surface area contributed by atoms with Gasteiger partial charge in [-0.15, -0.1) is 0 Å². The summed E-state index contributed by atoms with van der Waals surface area (Å²) in [6.07, 6.45) is 6.09. The molecule has 5 heteroatoms. The molecule has 0 saturated carbocycles. The Morgan fingerprint density at radius 2 is 2.09 bits per heavy atom. The minimum atomic E-state index is 0.207. The van der Waals surface area contributed by atoms with Gasteiger partial charge in [0, 0.05) is 31.8 Å². The van der Waals surface area contributed by atoms with Gasteiger partial charge in [-0.05, 0) is 64.3 Å². The van der Waals surface area contributed by atoms with Gasteiger partial charge in [0.1, 0.15) is 11.3 Å². The largest absolute Gasteiger partial charge is 0.396 e. The number of hydrogen-bond donors (Lipinski definition) is 1. The van der Waals surface area contributed by atoms with Crippen LogP contribution in [-0.2, 0) is 13.0 Å². The molecule has 1 aliphatic rings. The number of fused-ring (bicyclic) bond motifs is 1. The molecular formula is C18H28N4O. The van der Waals surface area contributed by atoms with Gasteiger partial charge in [-0.1, -0.05) is 0 Å². The van der Waals surface area contributed by atoms with Crippen LogP contribution in [0.3, 0.4) is 0 Å². The van der Waals surface area contributed by atoms with E-state index in [0.717, 1.165) is 36.4 Å². The van der Waals surface area contributed by atoms with Crippen molar-refractivity contribution in [3.05, 3.63) is 24.2 Å². The quantitative estimate of drug-likeness (QED) is 0.889. The van der Waals surface area contributed by atoms with E-state index < -0.39 is 0 Å². The number of likely N-dealkylation sites (tertiary alicyclic amines) is 1. The minimum absolute atomic E-state index is 0.207. The molecule has 0 radical (unpaired) electrons. The maximum atomic E-state index is 9.17. The normalized spacial score (nSPS) is 17.4. The molecule has 3 rings (SSSR count). The molecule has 0 amide bonds. The van der Waals surface area contributed by atoms with Gasteiger partial charge in [0.25, 0.3) is 0 Å². The van der Waals surface area contributed by atoms with Gasteiger partial charge < -0.3 is 14.6 Å². The lowest BCUT2D eigenvalue weighted by Gasteiger charge is -2.34.